The molecule has 4 heteroatoms. The molecule has 4 nitrogen and oxygen atoms in total. The molecular formula is C27H22N3O. The van der Waals surface area contributed by atoms with Crippen LogP contribution in [0.3, 0.4) is 0 Å². The van der Waals surface area contributed by atoms with Gasteiger partial charge in [-0.25, -0.2) is 10.0 Å². The number of rotatable bonds is 5. The van der Waals surface area contributed by atoms with Crippen molar-refractivity contribution < 1.29 is 4.74 Å². The molecule has 5 rings (SSSR count). The topological polar surface area (TPSA) is 38.9 Å². The largest absolute Gasteiger partial charge is 0.497 e. The lowest BCUT2D eigenvalue weighted by Gasteiger charge is -2.36. The van der Waals surface area contributed by atoms with Gasteiger partial charge in [-0.3, -0.25) is 0 Å². The van der Waals surface area contributed by atoms with Crippen LogP contribution in [0.5, 0.6) is 5.75 Å². The number of amidine groups is 1. The Kier molecular flexibility index (Phi) is 4.89. The van der Waals surface area contributed by atoms with Gasteiger partial charge in [0.1, 0.15) is 5.75 Å². The van der Waals surface area contributed by atoms with E-state index in [0.717, 1.165) is 28.1 Å². The average Bonchev–Trinajstić information content (AvgIpc) is 3.28. The van der Waals surface area contributed by atoms with Crippen LogP contribution in [0.25, 0.3) is 0 Å². The molecule has 4 aromatic carbocycles. The van der Waals surface area contributed by atoms with Gasteiger partial charge in [0.05, 0.1) is 12.8 Å². The van der Waals surface area contributed by atoms with Gasteiger partial charge in [0.15, 0.2) is 5.84 Å². The quantitative estimate of drug-likeness (QED) is 0.448. The minimum absolute atomic E-state index is 0.680. The van der Waals surface area contributed by atoms with E-state index in [1.54, 1.807) is 7.11 Å². The van der Waals surface area contributed by atoms with E-state index in [2.05, 4.69) is 36.4 Å². The molecule has 0 saturated carbocycles. The zero-order valence-corrected chi connectivity index (χ0v) is 17.2. The Morgan fingerprint density at radius 1 is 0.645 bits per heavy atom. The molecule has 0 atom stereocenters. The Labute approximate surface area is 182 Å². The lowest BCUT2D eigenvalue weighted by atomic mass is 9.90. The fourth-order valence-electron chi connectivity index (χ4n) is 3.95. The Hall–Kier alpha value is -4.05. The Balaban J connectivity index is 1.75. The van der Waals surface area contributed by atoms with Crippen LogP contribution >= 0.6 is 0 Å². The zero-order valence-electron chi connectivity index (χ0n) is 17.2. The zero-order chi connectivity index (χ0) is 21.1. The summed E-state index contributed by atoms with van der Waals surface area (Å²) in [6.45, 7) is 0. The van der Waals surface area contributed by atoms with Crippen LogP contribution in [0.4, 0.5) is 5.69 Å². The summed E-state index contributed by atoms with van der Waals surface area (Å²) in [6, 6.07) is 38.7. The normalized spacial score (nSPS) is 14.6. The highest BCUT2D eigenvalue weighted by Crippen LogP contribution is 2.43. The number of methoxy groups -OCH3 is 1. The molecule has 0 spiro atoms. The van der Waals surface area contributed by atoms with Crippen LogP contribution < -0.4 is 15.2 Å². The summed E-state index contributed by atoms with van der Waals surface area (Å²) in [5.74, 6) is 1.49. The second-order valence-electron chi connectivity index (χ2n) is 7.32. The maximum absolute atomic E-state index is 5.32. The van der Waals surface area contributed by atoms with E-state index in [4.69, 9.17) is 15.2 Å². The highest BCUT2D eigenvalue weighted by Gasteiger charge is 2.47. The number of aliphatic imine (C=N–C) groups is 1. The van der Waals surface area contributed by atoms with Crippen molar-refractivity contribution in [3.8, 4) is 5.75 Å². The molecular weight excluding hydrogens is 382 g/mol. The lowest BCUT2D eigenvalue weighted by molar-refractivity contribution is 0.415. The minimum Gasteiger partial charge on any atom is -0.497 e. The van der Waals surface area contributed by atoms with E-state index in [-0.39, 0.29) is 0 Å². The first-order chi connectivity index (χ1) is 15.3. The molecule has 0 saturated heterocycles. The fourth-order valence-corrected chi connectivity index (χ4v) is 3.95. The molecule has 31 heavy (non-hydrogen) atoms. The minimum atomic E-state index is -0.806. The van der Waals surface area contributed by atoms with Crippen molar-refractivity contribution in [3.63, 3.8) is 0 Å². The van der Waals surface area contributed by atoms with E-state index in [0.29, 0.717) is 5.84 Å². The van der Waals surface area contributed by atoms with E-state index in [1.165, 1.54) is 0 Å². The Bertz CT molecular complexity index is 1130. The maximum Gasteiger partial charge on any atom is 0.206 e. The second-order valence-corrected chi connectivity index (χ2v) is 7.32. The molecule has 0 aromatic heterocycles. The molecule has 1 aliphatic rings. The summed E-state index contributed by atoms with van der Waals surface area (Å²) in [5, 5.41) is 2.03. The summed E-state index contributed by atoms with van der Waals surface area (Å²) in [5.41, 5.74) is 8.25. The first-order valence-corrected chi connectivity index (χ1v) is 10.2. The third kappa shape index (κ3) is 3.32. The molecule has 0 amide bonds. The third-order valence-electron chi connectivity index (χ3n) is 5.47. The number of para-hydroxylation sites is 1. The van der Waals surface area contributed by atoms with E-state index < -0.39 is 5.66 Å². The predicted molar refractivity (Wildman–Crippen MR) is 124 cm³/mol. The number of ether oxygens (including phenoxy) is 1. The van der Waals surface area contributed by atoms with Crippen molar-refractivity contribution in [2.45, 2.75) is 5.66 Å². The summed E-state index contributed by atoms with van der Waals surface area (Å²) in [6.07, 6.45) is 0. The number of benzene rings is 4. The van der Waals surface area contributed by atoms with Crippen molar-refractivity contribution in [3.05, 3.63) is 132 Å². The van der Waals surface area contributed by atoms with Gasteiger partial charge in [-0.05, 0) is 36.4 Å². The standard InChI is InChI=1S/C27H22N3O/c1-31-25-19-17-21(18-20-25)26-28-27(22-11-5-2-6-12-22,23-13-7-3-8-14-23)30(29-26)24-15-9-4-10-16-24/h2-20H,1H3. The molecule has 0 aliphatic carbocycles. The van der Waals surface area contributed by atoms with Gasteiger partial charge in [-0.1, -0.05) is 78.9 Å². The first-order valence-electron chi connectivity index (χ1n) is 10.2. The monoisotopic (exact) mass is 404 g/mol. The summed E-state index contributed by atoms with van der Waals surface area (Å²) in [7, 11) is 1.67. The van der Waals surface area contributed by atoms with Gasteiger partial charge < -0.3 is 4.74 Å². The Morgan fingerprint density at radius 3 is 1.68 bits per heavy atom. The number of nitrogens with zero attached hydrogens (tertiary/aromatic N) is 3. The van der Waals surface area contributed by atoms with Crippen molar-refractivity contribution in [1.29, 1.82) is 0 Å². The summed E-state index contributed by atoms with van der Waals surface area (Å²) < 4.78 is 5.32. The number of hydrogen-bond acceptors (Lipinski definition) is 3. The number of hydrogen-bond donors (Lipinski definition) is 0. The maximum atomic E-state index is 5.32. The van der Waals surface area contributed by atoms with Gasteiger partial charge in [0.25, 0.3) is 0 Å². The molecule has 0 fully saturated rings. The van der Waals surface area contributed by atoms with E-state index in [1.807, 2.05) is 83.9 Å². The van der Waals surface area contributed by atoms with Crippen LogP contribution in [0, 0.1) is 0 Å². The lowest BCUT2D eigenvalue weighted by Crippen LogP contribution is -2.45. The van der Waals surface area contributed by atoms with Crippen molar-refractivity contribution in [1.82, 2.24) is 5.43 Å². The van der Waals surface area contributed by atoms with Crippen molar-refractivity contribution >= 4 is 11.5 Å². The summed E-state index contributed by atoms with van der Waals surface area (Å²) in [4.78, 5) is 5.28. The van der Waals surface area contributed by atoms with Crippen LogP contribution in [0.15, 0.2) is 120 Å². The SMILES string of the molecule is COc1ccc(C2=NC(c3ccccc3)(c3ccccc3)N(c3ccccc3)[N]2)cc1. The first kappa shape index (κ1) is 18.9. The van der Waals surface area contributed by atoms with Crippen LogP contribution in [0.2, 0.25) is 0 Å². The van der Waals surface area contributed by atoms with Gasteiger partial charge in [-0.15, -0.1) is 5.43 Å². The molecule has 0 unspecified atom stereocenters. The molecule has 151 valence electrons. The highest BCUT2D eigenvalue weighted by molar-refractivity contribution is 6.02. The predicted octanol–water partition coefficient (Wildman–Crippen LogP) is 5.38. The highest BCUT2D eigenvalue weighted by atomic mass is 16.5. The van der Waals surface area contributed by atoms with Crippen molar-refractivity contribution in [2.75, 3.05) is 12.1 Å². The second kappa shape index (κ2) is 8.00. The molecule has 0 N–H and O–H groups in total. The average molecular weight is 404 g/mol. The van der Waals surface area contributed by atoms with Crippen LogP contribution in [0.1, 0.15) is 16.7 Å². The van der Waals surface area contributed by atoms with E-state index >= 15 is 0 Å². The molecule has 0 bridgehead atoms. The van der Waals surface area contributed by atoms with Gasteiger partial charge in [0, 0.05) is 16.7 Å². The van der Waals surface area contributed by atoms with Crippen LogP contribution in [-0.4, -0.2) is 12.9 Å². The fraction of sp³-hybridized carbons (Fsp3) is 0.0741. The third-order valence-corrected chi connectivity index (χ3v) is 5.47. The molecule has 4 aromatic rings. The summed E-state index contributed by atoms with van der Waals surface area (Å²) >= 11 is 0. The Morgan fingerprint density at radius 2 is 1.16 bits per heavy atom. The van der Waals surface area contributed by atoms with Gasteiger partial charge in [0.2, 0.25) is 5.66 Å². The smallest absolute Gasteiger partial charge is 0.206 e. The van der Waals surface area contributed by atoms with Gasteiger partial charge in [-0.2, -0.15) is 0 Å². The van der Waals surface area contributed by atoms with E-state index in [9.17, 15) is 0 Å². The van der Waals surface area contributed by atoms with Gasteiger partial charge >= 0.3 is 0 Å². The molecule has 1 aliphatic heterocycles. The van der Waals surface area contributed by atoms with Crippen LogP contribution in [-0.2, 0) is 5.66 Å². The molecule has 1 radical (unpaired) electrons. The van der Waals surface area contributed by atoms with Crippen molar-refractivity contribution in [2.24, 2.45) is 4.99 Å². The molecule has 1 heterocycles. The number of anilines is 1.